The van der Waals surface area contributed by atoms with Crippen LogP contribution in [0.1, 0.15) is 25.2 Å². The molecule has 3 N–H and O–H groups in total. The van der Waals surface area contributed by atoms with Gasteiger partial charge < -0.3 is 29.7 Å². The Bertz CT molecular complexity index is 1050. The molecule has 0 atom stereocenters. The molecule has 176 valence electrons. The van der Waals surface area contributed by atoms with Crippen molar-refractivity contribution in [1.29, 1.82) is 0 Å². The third-order valence-electron chi connectivity index (χ3n) is 5.01. The minimum Gasteiger partial charge on any atom is -0.449 e. The lowest BCUT2D eigenvalue weighted by molar-refractivity contribution is -0.0431. The minimum atomic E-state index is -0.665. The molecular weight excluding hydrogens is 424 g/mol. The number of morpholine rings is 1. The first kappa shape index (κ1) is 22.6. The van der Waals surface area contributed by atoms with Crippen molar-refractivity contribution in [2.45, 2.75) is 26.2 Å². The molecule has 0 amide bonds. The van der Waals surface area contributed by atoms with Crippen molar-refractivity contribution >= 4 is 23.8 Å². The zero-order chi connectivity index (χ0) is 23.4. The Kier molecular flexibility index (Phi) is 6.50. The van der Waals surface area contributed by atoms with Crippen molar-refractivity contribution in [3.05, 3.63) is 35.7 Å². The summed E-state index contributed by atoms with van der Waals surface area (Å²) in [6.07, 6.45) is 1.70. The fourth-order valence-corrected chi connectivity index (χ4v) is 3.35. The topological polar surface area (TPSA) is 123 Å². The third-order valence-corrected chi connectivity index (χ3v) is 5.01. The van der Waals surface area contributed by atoms with Gasteiger partial charge in [-0.1, -0.05) is 0 Å². The van der Waals surface area contributed by atoms with Gasteiger partial charge in [0.1, 0.15) is 12.4 Å². The predicted octanol–water partition coefficient (Wildman–Crippen LogP) is 1.64. The quantitative estimate of drug-likeness (QED) is 0.381. The first-order chi connectivity index (χ1) is 15.8. The fourth-order valence-electron chi connectivity index (χ4n) is 3.35. The van der Waals surface area contributed by atoms with Crippen LogP contribution >= 0.6 is 0 Å². The number of benzene rings is 1. The van der Waals surface area contributed by atoms with Gasteiger partial charge in [-0.2, -0.15) is 5.10 Å². The third kappa shape index (κ3) is 5.80. The number of hydrogen-bond acceptors (Lipinski definition) is 9. The molecule has 1 saturated heterocycles. The zero-order valence-electron chi connectivity index (χ0n) is 19.4. The molecule has 33 heavy (non-hydrogen) atoms. The summed E-state index contributed by atoms with van der Waals surface area (Å²) in [5.41, 5.74) is 9.79. The van der Waals surface area contributed by atoms with Crippen LogP contribution in [0.15, 0.2) is 34.4 Å². The van der Waals surface area contributed by atoms with Crippen LogP contribution in [0.2, 0.25) is 0 Å². The molecule has 0 unspecified atom stereocenters. The van der Waals surface area contributed by atoms with E-state index in [-0.39, 0.29) is 6.54 Å². The molecule has 0 radical (unpaired) electrons. The number of nitrogens with two attached hydrogens (primary N) is 1. The standard InChI is InChI=1S/C22H30N8O3/c1-22(2)32-16-6-5-15(11-17(16)33-22)13-25-28-18-12-20(30-7-9-31-10-8-30)27-19(26-18)14-24-21(23)29(3)4/h5-6,11-13H,7-10,14H2,1-4H3,(H2,23,24)(H,26,27,28)/b25-13+. The highest BCUT2D eigenvalue weighted by atomic mass is 16.7. The average molecular weight is 455 g/mol. The molecule has 2 aliphatic heterocycles. The van der Waals surface area contributed by atoms with E-state index in [4.69, 9.17) is 19.9 Å². The molecule has 2 aliphatic rings. The first-order valence-electron chi connectivity index (χ1n) is 10.8. The molecular formula is C22H30N8O3. The van der Waals surface area contributed by atoms with Gasteiger partial charge in [-0.05, 0) is 23.8 Å². The van der Waals surface area contributed by atoms with Crippen LogP contribution in [0.3, 0.4) is 0 Å². The van der Waals surface area contributed by atoms with Crippen molar-refractivity contribution in [2.75, 3.05) is 50.7 Å². The van der Waals surface area contributed by atoms with Crippen LogP contribution in [0.25, 0.3) is 0 Å². The Morgan fingerprint density at radius 2 is 1.94 bits per heavy atom. The Hall–Kier alpha value is -3.60. The van der Waals surface area contributed by atoms with E-state index >= 15 is 0 Å². The molecule has 1 aromatic heterocycles. The van der Waals surface area contributed by atoms with Crippen molar-refractivity contribution in [3.63, 3.8) is 0 Å². The number of hydrazone groups is 1. The number of nitrogens with one attached hydrogen (secondary N) is 1. The van der Waals surface area contributed by atoms with Crippen LogP contribution < -0.4 is 25.5 Å². The first-order valence-corrected chi connectivity index (χ1v) is 10.8. The predicted molar refractivity (Wildman–Crippen MR) is 127 cm³/mol. The fraction of sp³-hybridized carbons (Fsp3) is 0.455. The maximum absolute atomic E-state index is 5.92. The minimum absolute atomic E-state index is 0.262. The highest BCUT2D eigenvalue weighted by Crippen LogP contribution is 2.39. The maximum atomic E-state index is 5.92. The summed E-state index contributed by atoms with van der Waals surface area (Å²) in [6, 6.07) is 7.54. The van der Waals surface area contributed by atoms with Crippen molar-refractivity contribution in [2.24, 2.45) is 15.8 Å². The van der Waals surface area contributed by atoms with E-state index < -0.39 is 5.79 Å². The van der Waals surface area contributed by atoms with E-state index in [0.717, 1.165) is 30.2 Å². The van der Waals surface area contributed by atoms with Gasteiger partial charge in [0.2, 0.25) is 5.79 Å². The Labute approximate surface area is 193 Å². The Morgan fingerprint density at radius 3 is 2.70 bits per heavy atom. The number of hydrogen-bond donors (Lipinski definition) is 2. The number of fused-ring (bicyclic) bond motifs is 1. The molecule has 1 aromatic carbocycles. The van der Waals surface area contributed by atoms with Crippen LogP contribution in [0.5, 0.6) is 11.5 Å². The summed E-state index contributed by atoms with van der Waals surface area (Å²) in [6.45, 7) is 6.85. The lowest BCUT2D eigenvalue weighted by atomic mass is 10.2. The molecule has 0 spiro atoms. The highest BCUT2D eigenvalue weighted by molar-refractivity contribution is 5.81. The maximum Gasteiger partial charge on any atom is 0.246 e. The van der Waals surface area contributed by atoms with E-state index in [1.54, 1.807) is 11.1 Å². The van der Waals surface area contributed by atoms with Gasteiger partial charge in [0.05, 0.1) is 19.4 Å². The average Bonchev–Trinajstić information content (AvgIpc) is 3.11. The largest absolute Gasteiger partial charge is 0.449 e. The van der Waals surface area contributed by atoms with Gasteiger partial charge in [0, 0.05) is 47.1 Å². The van der Waals surface area contributed by atoms with E-state index in [1.807, 2.05) is 52.2 Å². The number of ether oxygens (including phenoxy) is 3. The van der Waals surface area contributed by atoms with Gasteiger partial charge in [0.15, 0.2) is 29.1 Å². The van der Waals surface area contributed by atoms with E-state index in [9.17, 15) is 0 Å². The summed E-state index contributed by atoms with van der Waals surface area (Å²) in [7, 11) is 3.67. The molecule has 11 nitrogen and oxygen atoms in total. The Morgan fingerprint density at radius 1 is 1.18 bits per heavy atom. The number of aromatic nitrogens is 2. The van der Waals surface area contributed by atoms with Gasteiger partial charge in [0.25, 0.3) is 0 Å². The highest BCUT2D eigenvalue weighted by Gasteiger charge is 2.31. The Balaban J connectivity index is 1.51. The number of anilines is 2. The summed E-state index contributed by atoms with van der Waals surface area (Å²) >= 11 is 0. The second-order valence-electron chi connectivity index (χ2n) is 8.38. The second kappa shape index (κ2) is 9.49. The molecule has 0 aliphatic carbocycles. The van der Waals surface area contributed by atoms with Crippen molar-refractivity contribution in [1.82, 2.24) is 14.9 Å². The smallest absolute Gasteiger partial charge is 0.246 e. The van der Waals surface area contributed by atoms with E-state index in [2.05, 4.69) is 30.4 Å². The molecule has 11 heteroatoms. The molecule has 0 bridgehead atoms. The lowest BCUT2D eigenvalue weighted by Crippen LogP contribution is -2.37. The van der Waals surface area contributed by atoms with Gasteiger partial charge >= 0.3 is 0 Å². The molecule has 0 saturated carbocycles. The van der Waals surface area contributed by atoms with E-state index in [0.29, 0.717) is 36.6 Å². The molecule has 1 fully saturated rings. The lowest BCUT2D eigenvalue weighted by Gasteiger charge is -2.28. The van der Waals surface area contributed by atoms with Gasteiger partial charge in [-0.25, -0.2) is 15.0 Å². The normalized spacial score (nSPS) is 17.5. The summed E-state index contributed by atoms with van der Waals surface area (Å²) in [5.74, 6) is 3.07. The van der Waals surface area contributed by atoms with Crippen LogP contribution in [0, 0.1) is 0 Å². The van der Waals surface area contributed by atoms with Crippen LogP contribution in [-0.2, 0) is 11.3 Å². The molecule has 3 heterocycles. The summed E-state index contributed by atoms with van der Waals surface area (Å²) in [5, 5.41) is 4.35. The SMILES string of the molecule is CN(C)C(N)=NCc1nc(N/N=C/c2ccc3c(c2)OC(C)(C)O3)cc(N2CCOCC2)n1. The van der Waals surface area contributed by atoms with Crippen molar-refractivity contribution < 1.29 is 14.2 Å². The number of aliphatic imine (C=N–C) groups is 1. The molecule has 2 aromatic rings. The monoisotopic (exact) mass is 454 g/mol. The number of guanidine groups is 1. The van der Waals surface area contributed by atoms with Crippen LogP contribution in [0.4, 0.5) is 11.6 Å². The second-order valence-corrected chi connectivity index (χ2v) is 8.38. The zero-order valence-corrected chi connectivity index (χ0v) is 19.4. The summed E-state index contributed by atoms with van der Waals surface area (Å²) in [4.78, 5) is 17.5. The number of rotatable bonds is 6. The van der Waals surface area contributed by atoms with Gasteiger partial charge in [-0.3, -0.25) is 5.43 Å². The van der Waals surface area contributed by atoms with Gasteiger partial charge in [-0.15, -0.1) is 0 Å². The number of nitrogens with zero attached hydrogens (tertiary/aromatic N) is 6. The molecule has 4 rings (SSSR count). The van der Waals surface area contributed by atoms with Crippen molar-refractivity contribution in [3.8, 4) is 11.5 Å². The van der Waals surface area contributed by atoms with E-state index in [1.165, 1.54) is 0 Å². The van der Waals surface area contributed by atoms with Crippen LogP contribution in [-0.4, -0.2) is 73.2 Å². The summed E-state index contributed by atoms with van der Waals surface area (Å²) < 4.78 is 17.0.